The summed E-state index contributed by atoms with van der Waals surface area (Å²) >= 11 is 0. The molecule has 1 aliphatic carbocycles. The van der Waals surface area contributed by atoms with E-state index in [4.69, 9.17) is 10.00 Å². The fourth-order valence-corrected chi connectivity index (χ4v) is 3.20. The predicted octanol–water partition coefficient (Wildman–Crippen LogP) is 2.68. The molecular formula is C18H21N3O2. The van der Waals surface area contributed by atoms with Gasteiger partial charge < -0.3 is 9.64 Å². The molecule has 0 saturated carbocycles. The van der Waals surface area contributed by atoms with Crippen molar-refractivity contribution in [1.29, 1.82) is 5.26 Å². The van der Waals surface area contributed by atoms with Gasteiger partial charge in [-0.1, -0.05) is 12.2 Å². The molecular weight excluding hydrogens is 290 g/mol. The second-order valence-electron chi connectivity index (χ2n) is 6.09. The Hall–Kier alpha value is -2.35. The lowest BCUT2D eigenvalue weighted by Crippen LogP contribution is -2.44. The van der Waals surface area contributed by atoms with Crippen molar-refractivity contribution >= 4 is 5.91 Å². The van der Waals surface area contributed by atoms with E-state index in [2.05, 4.69) is 23.2 Å². The van der Waals surface area contributed by atoms with E-state index in [1.165, 1.54) is 0 Å². The second-order valence-corrected chi connectivity index (χ2v) is 6.09. The van der Waals surface area contributed by atoms with Gasteiger partial charge in [0.15, 0.2) is 0 Å². The lowest BCUT2D eigenvalue weighted by molar-refractivity contribution is -0.137. The van der Waals surface area contributed by atoms with Gasteiger partial charge in [0.25, 0.3) is 0 Å². The van der Waals surface area contributed by atoms with Crippen molar-refractivity contribution in [2.24, 2.45) is 5.92 Å². The average Bonchev–Trinajstić information content (AvgIpc) is 2.63. The topological polar surface area (TPSA) is 66.2 Å². The first kappa shape index (κ1) is 15.5. The van der Waals surface area contributed by atoms with Gasteiger partial charge in [-0.2, -0.15) is 5.26 Å². The summed E-state index contributed by atoms with van der Waals surface area (Å²) in [5.41, 5.74) is 0.458. The van der Waals surface area contributed by atoms with Crippen molar-refractivity contribution < 1.29 is 9.53 Å². The van der Waals surface area contributed by atoms with E-state index in [1.54, 1.807) is 18.3 Å². The number of nitriles is 1. The van der Waals surface area contributed by atoms with Crippen LogP contribution in [0.1, 0.15) is 37.7 Å². The standard InChI is InChI=1S/C18H21N3O2/c19-13-15-7-4-10-20-17(15)23-16-8-11-21(12-9-16)18(22)14-5-2-1-3-6-14/h1-2,4,7,10,14,16H,3,5-6,8-9,11-12H2/t14-/m1/s1. The number of allylic oxidation sites excluding steroid dienone is 2. The normalized spacial score (nSPS) is 21.7. The van der Waals surface area contributed by atoms with E-state index in [1.807, 2.05) is 4.90 Å². The molecule has 1 amide bonds. The van der Waals surface area contributed by atoms with Crippen molar-refractivity contribution in [2.45, 2.75) is 38.2 Å². The molecule has 0 unspecified atom stereocenters. The Kier molecular flexibility index (Phi) is 4.92. The number of ether oxygens (including phenoxy) is 1. The number of hydrogen-bond donors (Lipinski definition) is 0. The zero-order chi connectivity index (χ0) is 16.1. The molecule has 3 rings (SSSR count). The quantitative estimate of drug-likeness (QED) is 0.805. The zero-order valence-electron chi connectivity index (χ0n) is 13.1. The van der Waals surface area contributed by atoms with Crippen LogP contribution in [0.15, 0.2) is 30.5 Å². The molecule has 2 heterocycles. The molecule has 1 saturated heterocycles. The molecule has 1 aromatic heterocycles. The maximum Gasteiger partial charge on any atom is 0.231 e. The molecule has 1 aliphatic heterocycles. The van der Waals surface area contributed by atoms with Gasteiger partial charge in [-0.3, -0.25) is 4.79 Å². The molecule has 2 aliphatic rings. The van der Waals surface area contributed by atoms with Gasteiger partial charge in [-0.25, -0.2) is 4.98 Å². The van der Waals surface area contributed by atoms with Crippen molar-refractivity contribution in [2.75, 3.05) is 13.1 Å². The molecule has 0 aromatic carbocycles. The molecule has 120 valence electrons. The number of likely N-dealkylation sites (tertiary alicyclic amines) is 1. The first-order chi connectivity index (χ1) is 11.3. The molecule has 23 heavy (non-hydrogen) atoms. The third-order valence-corrected chi connectivity index (χ3v) is 4.54. The Labute approximate surface area is 136 Å². The minimum atomic E-state index is 0.0206. The lowest BCUT2D eigenvalue weighted by Gasteiger charge is -2.34. The Morgan fingerprint density at radius 1 is 1.30 bits per heavy atom. The first-order valence-corrected chi connectivity index (χ1v) is 8.23. The van der Waals surface area contributed by atoms with Gasteiger partial charge in [0.05, 0.1) is 0 Å². The minimum absolute atomic E-state index is 0.0206. The van der Waals surface area contributed by atoms with Crippen molar-refractivity contribution in [3.63, 3.8) is 0 Å². The van der Waals surface area contributed by atoms with Crippen LogP contribution in [0.5, 0.6) is 5.88 Å². The fourth-order valence-electron chi connectivity index (χ4n) is 3.20. The van der Waals surface area contributed by atoms with Crippen LogP contribution in [0.25, 0.3) is 0 Å². The number of hydrogen-bond acceptors (Lipinski definition) is 4. The van der Waals surface area contributed by atoms with E-state index < -0.39 is 0 Å². The zero-order valence-corrected chi connectivity index (χ0v) is 13.1. The van der Waals surface area contributed by atoms with Crippen molar-refractivity contribution in [3.05, 3.63) is 36.0 Å². The van der Waals surface area contributed by atoms with Crippen molar-refractivity contribution in [3.8, 4) is 11.9 Å². The van der Waals surface area contributed by atoms with Crippen LogP contribution in [0.4, 0.5) is 0 Å². The van der Waals surface area contributed by atoms with Gasteiger partial charge >= 0.3 is 0 Å². The van der Waals surface area contributed by atoms with Gasteiger partial charge in [0.2, 0.25) is 11.8 Å². The van der Waals surface area contributed by atoms with Gasteiger partial charge in [0.1, 0.15) is 17.7 Å². The summed E-state index contributed by atoms with van der Waals surface area (Å²) in [7, 11) is 0. The van der Waals surface area contributed by atoms with E-state index in [-0.39, 0.29) is 17.9 Å². The van der Waals surface area contributed by atoms with Gasteiger partial charge in [0, 0.05) is 38.0 Å². The van der Waals surface area contributed by atoms with Crippen LogP contribution in [0.2, 0.25) is 0 Å². The smallest absolute Gasteiger partial charge is 0.231 e. The van der Waals surface area contributed by atoms with Crippen LogP contribution in [-0.2, 0) is 4.79 Å². The highest BCUT2D eigenvalue weighted by molar-refractivity contribution is 5.79. The molecule has 0 bridgehead atoms. The Morgan fingerprint density at radius 2 is 2.13 bits per heavy atom. The first-order valence-electron chi connectivity index (χ1n) is 8.23. The molecule has 0 spiro atoms. The summed E-state index contributed by atoms with van der Waals surface area (Å²) in [4.78, 5) is 18.6. The SMILES string of the molecule is N#Cc1cccnc1OC1CCN(C(=O)[C@@H]2CC=CCC2)CC1. The largest absolute Gasteiger partial charge is 0.473 e. The number of nitrogens with zero attached hydrogens (tertiary/aromatic N) is 3. The molecule has 0 N–H and O–H groups in total. The summed E-state index contributed by atoms with van der Waals surface area (Å²) < 4.78 is 5.87. The summed E-state index contributed by atoms with van der Waals surface area (Å²) in [6.45, 7) is 1.44. The minimum Gasteiger partial charge on any atom is -0.473 e. The van der Waals surface area contributed by atoms with Crippen LogP contribution >= 0.6 is 0 Å². The number of carbonyl (C=O) groups excluding carboxylic acids is 1. The highest BCUT2D eigenvalue weighted by Crippen LogP contribution is 2.24. The summed E-state index contributed by atoms with van der Waals surface area (Å²) in [5.74, 6) is 0.832. The maximum absolute atomic E-state index is 12.5. The highest BCUT2D eigenvalue weighted by Gasteiger charge is 2.29. The Bertz CT molecular complexity index is 627. The number of amides is 1. The Morgan fingerprint density at radius 3 is 2.83 bits per heavy atom. The summed E-state index contributed by atoms with van der Waals surface area (Å²) in [6, 6.07) is 5.53. The van der Waals surface area contributed by atoms with E-state index in [0.717, 1.165) is 45.2 Å². The molecule has 5 nitrogen and oxygen atoms in total. The van der Waals surface area contributed by atoms with Crippen LogP contribution in [0, 0.1) is 17.2 Å². The number of piperidine rings is 1. The van der Waals surface area contributed by atoms with E-state index >= 15 is 0 Å². The second kappa shape index (κ2) is 7.28. The number of aromatic nitrogens is 1. The molecule has 1 aromatic rings. The summed E-state index contributed by atoms with van der Waals surface area (Å²) in [5, 5.41) is 9.08. The predicted molar refractivity (Wildman–Crippen MR) is 85.7 cm³/mol. The van der Waals surface area contributed by atoms with Gasteiger partial charge in [-0.05, 0) is 31.4 Å². The monoisotopic (exact) mass is 311 g/mol. The number of rotatable bonds is 3. The summed E-state index contributed by atoms with van der Waals surface area (Å²) in [6.07, 6.45) is 10.3. The number of pyridine rings is 1. The van der Waals surface area contributed by atoms with Crippen LogP contribution in [0.3, 0.4) is 0 Å². The van der Waals surface area contributed by atoms with E-state index in [0.29, 0.717) is 11.4 Å². The van der Waals surface area contributed by atoms with Crippen LogP contribution in [-0.4, -0.2) is 35.0 Å². The van der Waals surface area contributed by atoms with E-state index in [9.17, 15) is 4.79 Å². The highest BCUT2D eigenvalue weighted by atomic mass is 16.5. The maximum atomic E-state index is 12.5. The van der Waals surface area contributed by atoms with Gasteiger partial charge in [-0.15, -0.1) is 0 Å². The molecule has 0 radical (unpaired) electrons. The fraction of sp³-hybridized carbons (Fsp3) is 0.500. The third kappa shape index (κ3) is 3.70. The Balaban J connectivity index is 1.53. The third-order valence-electron chi connectivity index (χ3n) is 4.54. The molecule has 5 heteroatoms. The van der Waals surface area contributed by atoms with Crippen molar-refractivity contribution in [1.82, 2.24) is 9.88 Å². The molecule has 1 atom stereocenters. The van der Waals surface area contributed by atoms with Crippen LogP contribution < -0.4 is 4.74 Å². The number of carbonyl (C=O) groups is 1. The lowest BCUT2D eigenvalue weighted by atomic mass is 9.92. The average molecular weight is 311 g/mol. The molecule has 1 fully saturated rings.